The number of aliphatic hydroxyl groups is 3. The van der Waals surface area contributed by atoms with E-state index in [-0.39, 0.29) is 12.6 Å². The fourth-order valence-corrected chi connectivity index (χ4v) is 4.13. The van der Waals surface area contributed by atoms with Crippen LogP contribution in [0.3, 0.4) is 0 Å². The summed E-state index contributed by atoms with van der Waals surface area (Å²) in [7, 11) is 0. The molecule has 1 fully saturated rings. The fraction of sp³-hybridized carbons (Fsp3) is 0.421. The number of hydrogen-bond acceptors (Lipinski definition) is 8. The van der Waals surface area contributed by atoms with Crippen molar-refractivity contribution in [1.82, 2.24) is 19.5 Å². The lowest BCUT2D eigenvalue weighted by Crippen LogP contribution is -2.33. The number of imidazole rings is 1. The van der Waals surface area contributed by atoms with E-state index >= 15 is 0 Å². The third kappa shape index (κ3) is 2.67. The van der Waals surface area contributed by atoms with Gasteiger partial charge in [0.25, 0.3) is 0 Å². The van der Waals surface area contributed by atoms with Gasteiger partial charge in [-0.2, -0.15) is 0 Å². The van der Waals surface area contributed by atoms with Crippen molar-refractivity contribution >= 4 is 17.0 Å². The maximum atomic E-state index is 10.3. The topological polar surface area (TPSA) is 126 Å². The van der Waals surface area contributed by atoms with Crippen LogP contribution in [0.25, 0.3) is 11.2 Å². The smallest absolute Gasteiger partial charge is 0.167 e. The van der Waals surface area contributed by atoms with Crippen LogP contribution in [0.15, 0.2) is 36.9 Å². The van der Waals surface area contributed by atoms with Gasteiger partial charge in [-0.25, -0.2) is 15.0 Å². The monoisotopic (exact) mass is 383 g/mol. The molecular weight excluding hydrogens is 362 g/mol. The quantitative estimate of drug-likeness (QED) is 0.514. The summed E-state index contributed by atoms with van der Waals surface area (Å²) >= 11 is 0. The summed E-state index contributed by atoms with van der Waals surface area (Å²) in [6.07, 6.45) is 0.821. The molecule has 1 aliphatic carbocycles. The standard InChI is InChI=1S/C19H21N5O4/c25-7-13-15(26)16(27)19(28-13)24-9-22-14-17(20-8-21-18(14)24)23-12-6-5-10-3-1-2-4-11(10)12/h1-4,8-9,12-13,15-16,19,25-27H,5-7H2,(H,20,21,23)/t12?,13-,15?,16?,19-/m1/s1. The van der Waals surface area contributed by atoms with Gasteiger partial charge in [0.05, 0.1) is 19.0 Å². The van der Waals surface area contributed by atoms with Crippen molar-refractivity contribution < 1.29 is 20.1 Å². The Hall–Kier alpha value is -2.59. The largest absolute Gasteiger partial charge is 0.394 e. The average molecular weight is 383 g/mol. The summed E-state index contributed by atoms with van der Waals surface area (Å²) in [4.78, 5) is 13.1. The lowest BCUT2D eigenvalue weighted by Gasteiger charge is -2.17. The van der Waals surface area contributed by atoms with E-state index < -0.39 is 24.5 Å². The second kappa shape index (κ2) is 6.78. The Kier molecular flexibility index (Phi) is 4.24. The van der Waals surface area contributed by atoms with Gasteiger partial charge in [0.2, 0.25) is 0 Å². The van der Waals surface area contributed by atoms with Gasteiger partial charge in [0.1, 0.15) is 24.6 Å². The molecule has 3 aromatic rings. The number of nitrogens with zero attached hydrogens (tertiary/aromatic N) is 4. The van der Waals surface area contributed by atoms with Gasteiger partial charge in [-0.15, -0.1) is 0 Å². The highest BCUT2D eigenvalue weighted by atomic mass is 16.6. The zero-order valence-electron chi connectivity index (χ0n) is 15.0. The first kappa shape index (κ1) is 17.5. The minimum absolute atomic E-state index is 0.147. The molecule has 1 aromatic carbocycles. The maximum absolute atomic E-state index is 10.3. The Morgan fingerprint density at radius 2 is 2.00 bits per heavy atom. The fourth-order valence-electron chi connectivity index (χ4n) is 4.13. The number of hydrogen-bond donors (Lipinski definition) is 4. The first-order chi connectivity index (χ1) is 13.7. The van der Waals surface area contributed by atoms with Gasteiger partial charge in [-0.1, -0.05) is 24.3 Å². The molecule has 0 saturated carbocycles. The molecule has 0 spiro atoms. The molecule has 0 amide bonds. The van der Waals surface area contributed by atoms with E-state index in [1.165, 1.54) is 23.8 Å². The van der Waals surface area contributed by atoms with Gasteiger partial charge in [0.15, 0.2) is 23.2 Å². The third-order valence-electron chi connectivity index (χ3n) is 5.59. The van der Waals surface area contributed by atoms with Crippen molar-refractivity contribution in [1.29, 1.82) is 0 Å². The van der Waals surface area contributed by atoms with Crippen molar-refractivity contribution in [3.63, 3.8) is 0 Å². The van der Waals surface area contributed by atoms with E-state index in [1.54, 1.807) is 4.57 Å². The summed E-state index contributed by atoms with van der Waals surface area (Å²) in [6, 6.07) is 8.49. The number of nitrogens with one attached hydrogen (secondary N) is 1. The van der Waals surface area contributed by atoms with Crippen molar-refractivity contribution in [3.8, 4) is 0 Å². The summed E-state index contributed by atoms with van der Waals surface area (Å²) < 4.78 is 7.16. The molecule has 3 unspecified atom stereocenters. The van der Waals surface area contributed by atoms with Gasteiger partial charge < -0.3 is 25.4 Å². The lowest BCUT2D eigenvalue weighted by atomic mass is 10.1. The van der Waals surface area contributed by atoms with Crippen molar-refractivity contribution in [3.05, 3.63) is 48.0 Å². The number of aryl methyl sites for hydroxylation is 1. The third-order valence-corrected chi connectivity index (χ3v) is 5.59. The molecule has 3 heterocycles. The Morgan fingerprint density at radius 3 is 2.82 bits per heavy atom. The summed E-state index contributed by atoms with van der Waals surface area (Å²) in [5.41, 5.74) is 3.64. The maximum Gasteiger partial charge on any atom is 0.167 e. The molecule has 0 radical (unpaired) electrons. The number of aromatic nitrogens is 4. The molecule has 0 bridgehead atoms. The SMILES string of the molecule is OC[C@H]1O[C@@H](n2cnc3c(NC4CCc5ccccc54)ncnc32)C(O)C1O. The van der Waals surface area contributed by atoms with Crippen LogP contribution in [-0.4, -0.2) is 59.8 Å². The number of rotatable bonds is 4. The number of aliphatic hydroxyl groups excluding tert-OH is 3. The van der Waals surface area contributed by atoms with Gasteiger partial charge in [0, 0.05) is 0 Å². The lowest BCUT2D eigenvalue weighted by molar-refractivity contribution is -0.0511. The average Bonchev–Trinajstić information content (AvgIpc) is 3.40. The predicted molar refractivity (Wildman–Crippen MR) is 99.5 cm³/mol. The normalized spacial score (nSPS) is 29.3. The first-order valence-corrected chi connectivity index (χ1v) is 9.31. The van der Waals surface area contributed by atoms with E-state index in [0.717, 1.165) is 12.8 Å². The zero-order chi connectivity index (χ0) is 19.3. The van der Waals surface area contributed by atoms with Crippen molar-refractivity contribution in [2.24, 2.45) is 0 Å². The highest BCUT2D eigenvalue weighted by molar-refractivity contribution is 5.83. The van der Waals surface area contributed by atoms with Crippen LogP contribution in [0.5, 0.6) is 0 Å². The van der Waals surface area contributed by atoms with Crippen LogP contribution in [0.1, 0.15) is 29.8 Å². The van der Waals surface area contributed by atoms with Crippen LogP contribution in [0.4, 0.5) is 5.82 Å². The molecule has 146 valence electrons. The number of ether oxygens (including phenoxy) is 1. The van der Waals surface area contributed by atoms with Gasteiger partial charge in [-0.3, -0.25) is 4.57 Å². The molecular formula is C19H21N5O4. The Balaban J connectivity index is 1.47. The molecule has 9 heteroatoms. The van der Waals surface area contributed by atoms with Gasteiger partial charge >= 0.3 is 0 Å². The van der Waals surface area contributed by atoms with Crippen LogP contribution in [-0.2, 0) is 11.2 Å². The first-order valence-electron chi connectivity index (χ1n) is 9.31. The molecule has 9 nitrogen and oxygen atoms in total. The van der Waals surface area contributed by atoms with Crippen LogP contribution in [0.2, 0.25) is 0 Å². The predicted octanol–water partition coefficient (Wildman–Crippen LogP) is 0.537. The summed E-state index contributed by atoms with van der Waals surface area (Å²) in [5, 5.41) is 33.1. The van der Waals surface area contributed by atoms with E-state index in [0.29, 0.717) is 17.0 Å². The Labute approximate surface area is 160 Å². The second-order valence-electron chi connectivity index (χ2n) is 7.21. The highest BCUT2D eigenvalue weighted by Gasteiger charge is 2.44. The molecule has 2 aromatic heterocycles. The Bertz CT molecular complexity index is 1010. The molecule has 28 heavy (non-hydrogen) atoms. The van der Waals surface area contributed by atoms with Gasteiger partial charge in [-0.05, 0) is 24.0 Å². The van der Waals surface area contributed by atoms with E-state index in [1.807, 2.05) is 12.1 Å². The molecule has 2 aliphatic rings. The number of fused-ring (bicyclic) bond motifs is 2. The number of anilines is 1. The number of benzene rings is 1. The van der Waals surface area contributed by atoms with E-state index in [2.05, 4.69) is 32.4 Å². The minimum Gasteiger partial charge on any atom is -0.394 e. The van der Waals surface area contributed by atoms with Crippen molar-refractivity contribution in [2.45, 2.75) is 43.4 Å². The molecule has 1 aliphatic heterocycles. The summed E-state index contributed by atoms with van der Waals surface area (Å²) in [5.74, 6) is 0.609. The highest BCUT2D eigenvalue weighted by Crippen LogP contribution is 2.36. The second-order valence-corrected chi connectivity index (χ2v) is 7.21. The van der Waals surface area contributed by atoms with Crippen molar-refractivity contribution in [2.75, 3.05) is 11.9 Å². The van der Waals surface area contributed by atoms with Crippen LogP contribution >= 0.6 is 0 Å². The van der Waals surface area contributed by atoms with Crippen LogP contribution in [0, 0.1) is 0 Å². The molecule has 4 N–H and O–H groups in total. The molecule has 5 atom stereocenters. The van der Waals surface area contributed by atoms with E-state index in [9.17, 15) is 15.3 Å². The Morgan fingerprint density at radius 1 is 1.14 bits per heavy atom. The van der Waals surface area contributed by atoms with Crippen LogP contribution < -0.4 is 5.32 Å². The molecule has 1 saturated heterocycles. The zero-order valence-corrected chi connectivity index (χ0v) is 15.0. The summed E-state index contributed by atoms with van der Waals surface area (Å²) in [6.45, 7) is -0.385. The minimum atomic E-state index is -1.19. The molecule has 5 rings (SSSR count). The van der Waals surface area contributed by atoms with E-state index in [4.69, 9.17) is 4.74 Å².